The van der Waals surface area contributed by atoms with Crippen molar-refractivity contribution in [2.24, 2.45) is 0 Å². The number of aryl methyl sites for hydroxylation is 1. The van der Waals surface area contributed by atoms with Crippen molar-refractivity contribution in [3.05, 3.63) is 29.6 Å². The molecule has 134 valence electrons. The zero-order valence-electron chi connectivity index (χ0n) is 13.6. The molecule has 0 bridgehead atoms. The van der Waals surface area contributed by atoms with Crippen molar-refractivity contribution in [2.75, 3.05) is 13.1 Å². The minimum atomic E-state index is -3.76. The van der Waals surface area contributed by atoms with Gasteiger partial charge in [-0.05, 0) is 43.5 Å². The van der Waals surface area contributed by atoms with E-state index in [1.165, 1.54) is 23.4 Å². The molecule has 0 amide bonds. The number of hydrogen-bond donors (Lipinski definition) is 0. The fourth-order valence-corrected chi connectivity index (χ4v) is 7.51. The van der Waals surface area contributed by atoms with Gasteiger partial charge in [0.25, 0.3) is 0 Å². The van der Waals surface area contributed by atoms with E-state index in [4.69, 9.17) is 0 Å². The quantitative estimate of drug-likeness (QED) is 0.809. The van der Waals surface area contributed by atoms with Crippen molar-refractivity contribution in [3.63, 3.8) is 0 Å². The first-order chi connectivity index (χ1) is 11.2. The maximum absolute atomic E-state index is 13.3. The summed E-state index contributed by atoms with van der Waals surface area (Å²) in [5.41, 5.74) is 0.253. The van der Waals surface area contributed by atoms with Gasteiger partial charge < -0.3 is 0 Å². The van der Waals surface area contributed by atoms with E-state index < -0.39 is 30.9 Å². The van der Waals surface area contributed by atoms with Gasteiger partial charge in [-0.1, -0.05) is 19.3 Å². The third-order valence-electron chi connectivity index (χ3n) is 5.06. The molecule has 0 aromatic heterocycles. The van der Waals surface area contributed by atoms with Crippen LogP contribution in [0.1, 0.15) is 37.7 Å². The molecule has 2 aliphatic rings. The molecule has 5 nitrogen and oxygen atoms in total. The van der Waals surface area contributed by atoms with E-state index >= 15 is 0 Å². The molecule has 1 heterocycles. The van der Waals surface area contributed by atoms with Gasteiger partial charge >= 0.3 is 0 Å². The van der Waals surface area contributed by atoms with Crippen LogP contribution in [0.2, 0.25) is 0 Å². The van der Waals surface area contributed by atoms with Crippen molar-refractivity contribution in [1.29, 1.82) is 0 Å². The van der Waals surface area contributed by atoms with Gasteiger partial charge in [-0.25, -0.2) is 21.2 Å². The van der Waals surface area contributed by atoms with Crippen molar-refractivity contribution in [2.45, 2.75) is 54.4 Å². The number of sulfone groups is 1. The second-order valence-electron chi connectivity index (χ2n) is 6.70. The first-order valence-corrected chi connectivity index (χ1v) is 11.3. The Morgan fingerprint density at radius 1 is 1.00 bits per heavy atom. The molecule has 0 spiro atoms. The lowest BCUT2D eigenvalue weighted by Gasteiger charge is -2.39. The normalized spacial score (nSPS) is 21.6. The maximum atomic E-state index is 13.3. The van der Waals surface area contributed by atoms with E-state index in [1.807, 2.05) is 0 Å². The molecule has 0 radical (unpaired) electrons. The Hall–Kier alpha value is -0.990. The Kier molecular flexibility index (Phi) is 4.74. The molecular formula is C16H22FNO4S2. The smallest absolute Gasteiger partial charge is 0.228 e. The number of rotatable bonds is 4. The zero-order chi connectivity index (χ0) is 17.5. The van der Waals surface area contributed by atoms with Crippen LogP contribution in [0.5, 0.6) is 0 Å². The van der Waals surface area contributed by atoms with Gasteiger partial charge in [0.1, 0.15) is 5.82 Å². The zero-order valence-corrected chi connectivity index (χ0v) is 15.2. The van der Waals surface area contributed by atoms with Crippen molar-refractivity contribution in [1.82, 2.24) is 4.31 Å². The monoisotopic (exact) mass is 375 g/mol. The molecule has 3 rings (SSSR count). The van der Waals surface area contributed by atoms with Gasteiger partial charge in [-0.3, -0.25) is 0 Å². The summed E-state index contributed by atoms with van der Waals surface area (Å²) < 4.78 is 64.8. The maximum Gasteiger partial charge on any atom is 0.243 e. The van der Waals surface area contributed by atoms with E-state index in [1.54, 1.807) is 0 Å². The lowest BCUT2D eigenvalue weighted by Crippen LogP contribution is -2.58. The third-order valence-corrected chi connectivity index (χ3v) is 9.52. The van der Waals surface area contributed by atoms with Gasteiger partial charge in [-0.2, -0.15) is 4.31 Å². The van der Waals surface area contributed by atoms with Gasteiger partial charge in [0.05, 0.1) is 15.4 Å². The van der Waals surface area contributed by atoms with E-state index in [0.29, 0.717) is 12.8 Å². The SMILES string of the molecule is Cc1cc(S(=O)(=O)N2CC(S(=O)(=O)C3CCCCC3)C2)ccc1F. The lowest BCUT2D eigenvalue weighted by atomic mass is 10.0. The van der Waals surface area contributed by atoms with E-state index in [9.17, 15) is 21.2 Å². The summed E-state index contributed by atoms with van der Waals surface area (Å²) in [6.07, 6.45) is 4.29. The first-order valence-electron chi connectivity index (χ1n) is 8.22. The molecule has 0 unspecified atom stereocenters. The second kappa shape index (κ2) is 6.38. The largest absolute Gasteiger partial charge is 0.243 e. The molecule has 1 saturated carbocycles. The highest BCUT2D eigenvalue weighted by molar-refractivity contribution is 7.93. The van der Waals surface area contributed by atoms with Crippen LogP contribution in [-0.4, -0.2) is 44.7 Å². The van der Waals surface area contributed by atoms with Crippen molar-refractivity contribution in [3.8, 4) is 0 Å². The Bertz CT molecular complexity index is 824. The summed E-state index contributed by atoms with van der Waals surface area (Å²) in [4.78, 5) is 0.00918. The summed E-state index contributed by atoms with van der Waals surface area (Å²) in [7, 11) is -7.04. The molecular weight excluding hydrogens is 353 g/mol. The summed E-state index contributed by atoms with van der Waals surface area (Å²) in [5, 5.41) is -0.939. The van der Waals surface area contributed by atoms with E-state index in [2.05, 4.69) is 0 Å². The highest BCUT2D eigenvalue weighted by Gasteiger charge is 2.46. The molecule has 8 heteroatoms. The highest BCUT2D eigenvalue weighted by atomic mass is 32.2. The van der Waals surface area contributed by atoms with Crippen LogP contribution in [0.15, 0.2) is 23.1 Å². The molecule has 1 aromatic carbocycles. The predicted molar refractivity (Wildman–Crippen MR) is 89.5 cm³/mol. The average molecular weight is 375 g/mol. The van der Waals surface area contributed by atoms with Crippen LogP contribution < -0.4 is 0 Å². The molecule has 0 N–H and O–H groups in total. The number of hydrogen-bond acceptors (Lipinski definition) is 4. The second-order valence-corrected chi connectivity index (χ2v) is 11.2. The summed E-state index contributed by atoms with van der Waals surface area (Å²) >= 11 is 0. The van der Waals surface area contributed by atoms with Crippen LogP contribution in [0.3, 0.4) is 0 Å². The number of halogens is 1. The Balaban J connectivity index is 1.72. The standard InChI is InChI=1S/C16H22FNO4S2/c1-12-9-14(7-8-16(12)17)24(21,22)18-10-15(11-18)23(19,20)13-5-3-2-4-6-13/h7-9,13,15H,2-6,10-11H2,1H3. The molecule has 2 fully saturated rings. The first kappa shape index (κ1) is 17.8. The summed E-state index contributed by atoms with van der Waals surface area (Å²) in [6.45, 7) is 1.50. The molecule has 1 aromatic rings. The van der Waals surface area contributed by atoms with Crippen LogP contribution in [0.4, 0.5) is 4.39 Å². The minimum absolute atomic E-state index is 0.00239. The van der Waals surface area contributed by atoms with Gasteiger partial charge in [-0.15, -0.1) is 0 Å². The fourth-order valence-electron chi connectivity index (χ4n) is 3.40. The minimum Gasteiger partial charge on any atom is -0.228 e. The Morgan fingerprint density at radius 2 is 1.62 bits per heavy atom. The topological polar surface area (TPSA) is 71.5 Å². The molecule has 24 heavy (non-hydrogen) atoms. The number of benzene rings is 1. The Morgan fingerprint density at radius 3 is 2.21 bits per heavy atom. The van der Waals surface area contributed by atoms with Gasteiger partial charge in [0, 0.05) is 13.1 Å². The highest BCUT2D eigenvalue weighted by Crippen LogP contribution is 2.32. The molecule has 1 saturated heterocycles. The van der Waals surface area contributed by atoms with Crippen LogP contribution in [0, 0.1) is 12.7 Å². The van der Waals surface area contributed by atoms with Crippen LogP contribution in [-0.2, 0) is 19.9 Å². The summed E-state index contributed by atoms with van der Waals surface area (Å²) in [6, 6.07) is 3.63. The fraction of sp³-hybridized carbons (Fsp3) is 0.625. The third kappa shape index (κ3) is 3.11. The van der Waals surface area contributed by atoms with Crippen LogP contribution in [0.25, 0.3) is 0 Å². The lowest BCUT2D eigenvalue weighted by molar-refractivity contribution is 0.306. The van der Waals surface area contributed by atoms with Gasteiger partial charge in [0.2, 0.25) is 10.0 Å². The number of nitrogens with zero attached hydrogens (tertiary/aromatic N) is 1. The van der Waals surface area contributed by atoms with Gasteiger partial charge in [0.15, 0.2) is 9.84 Å². The van der Waals surface area contributed by atoms with Crippen LogP contribution >= 0.6 is 0 Å². The predicted octanol–water partition coefficient (Wildman–Crippen LogP) is 2.25. The number of sulfonamides is 1. The average Bonchev–Trinajstić information content (AvgIpc) is 2.48. The summed E-state index contributed by atoms with van der Waals surface area (Å²) in [5.74, 6) is -0.463. The molecule has 1 aliphatic carbocycles. The molecule has 0 atom stereocenters. The van der Waals surface area contributed by atoms with Crippen molar-refractivity contribution >= 4 is 19.9 Å². The van der Waals surface area contributed by atoms with Crippen molar-refractivity contribution < 1.29 is 21.2 Å². The Labute approximate surface area is 142 Å². The molecule has 1 aliphatic heterocycles. The van der Waals surface area contributed by atoms with E-state index in [0.717, 1.165) is 25.3 Å². The van der Waals surface area contributed by atoms with E-state index in [-0.39, 0.29) is 28.8 Å².